The van der Waals surface area contributed by atoms with Crippen molar-refractivity contribution < 1.29 is 29.8 Å². The molecule has 4 saturated carbocycles. The van der Waals surface area contributed by atoms with Crippen molar-refractivity contribution in [3.8, 4) is 0 Å². The molecule has 1 aromatic heterocycles. The van der Waals surface area contributed by atoms with Gasteiger partial charge in [-0.15, -0.1) is 0 Å². The van der Waals surface area contributed by atoms with E-state index >= 15 is 0 Å². The molecule has 47 heavy (non-hydrogen) atoms. The lowest BCUT2D eigenvalue weighted by Crippen LogP contribution is -2.64. The van der Waals surface area contributed by atoms with E-state index < -0.39 is 18.2 Å². The normalized spacial score (nSPS) is 38.7. The zero-order valence-corrected chi connectivity index (χ0v) is 30.2. The lowest BCUT2D eigenvalue weighted by Gasteiger charge is -2.65. The van der Waals surface area contributed by atoms with Crippen LogP contribution in [0.25, 0.3) is 0 Å². The highest BCUT2D eigenvalue weighted by atomic mass is 16.4. The van der Waals surface area contributed by atoms with Gasteiger partial charge in [0.25, 0.3) is 0 Å². The van der Waals surface area contributed by atoms with Crippen molar-refractivity contribution in [3.05, 3.63) is 30.1 Å². The first kappa shape index (κ1) is 36.8. The van der Waals surface area contributed by atoms with E-state index in [1.165, 1.54) is 63.5 Å². The Morgan fingerprint density at radius 3 is 2.23 bits per heavy atom. The molecule has 0 bridgehead atoms. The second kappa shape index (κ2) is 16.0. The fourth-order valence-electron chi connectivity index (χ4n) is 12.0. The number of aryl methyl sites for hydroxylation is 1. The third-order valence-corrected chi connectivity index (χ3v) is 14.6. The number of nitrogens with zero attached hydrogens (tertiary/aromatic N) is 1. The van der Waals surface area contributed by atoms with Gasteiger partial charge in [0.05, 0.1) is 24.2 Å². The SMILES string of the molecule is CCCCCCCCCCCC[n+]1ccccc1C1CC(O)CC2CC(O)C3C(CC(O)C4(C)C(C(C)CCC(=O)O)CCC34)C21C. The molecule has 6 heteroatoms. The third kappa shape index (κ3) is 7.50. The summed E-state index contributed by atoms with van der Waals surface area (Å²) in [6.45, 7) is 10.2. The predicted molar refractivity (Wildman–Crippen MR) is 187 cm³/mol. The van der Waals surface area contributed by atoms with Gasteiger partial charge in [-0.05, 0) is 97.7 Å². The summed E-state index contributed by atoms with van der Waals surface area (Å²) in [7, 11) is 0. The quantitative estimate of drug-likeness (QED) is 0.107. The molecule has 4 N–H and O–H groups in total. The van der Waals surface area contributed by atoms with E-state index in [1.807, 2.05) is 0 Å². The maximum absolute atomic E-state index is 12.1. The van der Waals surface area contributed by atoms with Crippen LogP contribution in [0.4, 0.5) is 0 Å². The largest absolute Gasteiger partial charge is 0.481 e. The van der Waals surface area contributed by atoms with Crippen LogP contribution in [0.3, 0.4) is 0 Å². The van der Waals surface area contributed by atoms with E-state index in [-0.39, 0.29) is 64.8 Å². The number of aliphatic hydroxyl groups is 3. The van der Waals surface area contributed by atoms with Crippen molar-refractivity contribution in [1.82, 2.24) is 0 Å². The Hall–Kier alpha value is -1.50. The Labute approximate surface area is 285 Å². The minimum absolute atomic E-state index is 0.123. The van der Waals surface area contributed by atoms with E-state index in [1.54, 1.807) is 0 Å². The van der Waals surface area contributed by atoms with Crippen LogP contribution >= 0.6 is 0 Å². The van der Waals surface area contributed by atoms with Crippen LogP contribution in [0.2, 0.25) is 0 Å². The van der Waals surface area contributed by atoms with Crippen molar-refractivity contribution in [2.24, 2.45) is 46.3 Å². The number of aliphatic carboxylic acids is 1. The Morgan fingerprint density at radius 1 is 0.872 bits per heavy atom. The highest BCUT2D eigenvalue weighted by molar-refractivity contribution is 5.66. The number of aromatic nitrogens is 1. The zero-order valence-electron chi connectivity index (χ0n) is 30.2. The summed E-state index contributed by atoms with van der Waals surface area (Å²) in [6, 6.07) is 6.60. The lowest BCUT2D eigenvalue weighted by molar-refractivity contribution is -0.707. The molecule has 6 nitrogen and oxygen atoms in total. The van der Waals surface area contributed by atoms with Crippen molar-refractivity contribution in [1.29, 1.82) is 0 Å². The number of aliphatic hydroxyl groups excluding tert-OH is 3. The lowest BCUT2D eigenvalue weighted by atomic mass is 9.40. The zero-order chi connectivity index (χ0) is 33.8. The maximum Gasteiger partial charge on any atom is 0.303 e. The molecule has 0 radical (unpaired) electrons. The van der Waals surface area contributed by atoms with Crippen LogP contribution < -0.4 is 4.57 Å². The smallest absolute Gasteiger partial charge is 0.303 e. The number of carboxylic acids is 1. The van der Waals surface area contributed by atoms with Crippen molar-refractivity contribution in [2.75, 3.05) is 0 Å². The molecule has 12 unspecified atom stereocenters. The molecule has 266 valence electrons. The summed E-state index contributed by atoms with van der Waals surface area (Å²) in [5.74, 6) is 0.650. The molecular formula is C41H68NO5+. The minimum Gasteiger partial charge on any atom is -0.481 e. The van der Waals surface area contributed by atoms with Gasteiger partial charge in [0, 0.05) is 25.0 Å². The molecule has 5 rings (SSSR count). The van der Waals surface area contributed by atoms with Crippen LogP contribution in [-0.4, -0.2) is 44.7 Å². The van der Waals surface area contributed by atoms with E-state index in [9.17, 15) is 25.2 Å². The average Bonchev–Trinajstić information content (AvgIpc) is 3.40. The molecule has 0 amide bonds. The van der Waals surface area contributed by atoms with Gasteiger partial charge in [0.2, 0.25) is 0 Å². The van der Waals surface area contributed by atoms with Crippen LogP contribution in [-0.2, 0) is 11.3 Å². The Kier molecular flexibility index (Phi) is 12.5. The molecule has 4 aliphatic carbocycles. The molecular weight excluding hydrogens is 586 g/mol. The van der Waals surface area contributed by atoms with Crippen LogP contribution in [0.15, 0.2) is 24.4 Å². The molecule has 1 aromatic rings. The predicted octanol–water partition coefficient (Wildman–Crippen LogP) is 8.05. The fraction of sp³-hybridized carbons (Fsp3) is 0.854. The third-order valence-electron chi connectivity index (χ3n) is 14.6. The van der Waals surface area contributed by atoms with Gasteiger partial charge in [-0.25, -0.2) is 4.57 Å². The van der Waals surface area contributed by atoms with Crippen LogP contribution in [0.5, 0.6) is 0 Å². The van der Waals surface area contributed by atoms with E-state index in [0.717, 1.165) is 45.1 Å². The van der Waals surface area contributed by atoms with Gasteiger partial charge in [-0.3, -0.25) is 4.79 Å². The standard InChI is InChI=1S/C41H67NO5/c1-5-6-7-8-9-10-11-12-13-15-22-42-23-16-14-17-35(42)33-26-30(43)24-29-25-36(44)39-32-20-19-31(28(2)18-21-38(46)47)41(32,4)37(45)27-34(39)40(29,33)3/h14,16-17,23,28-34,36-37,39,43-45H,5-13,15,18-22,24-27H2,1-4H3/p+1. The summed E-state index contributed by atoms with van der Waals surface area (Å²) in [5, 5.41) is 44.7. The topological polar surface area (TPSA) is 102 Å². The Morgan fingerprint density at radius 2 is 1.55 bits per heavy atom. The monoisotopic (exact) mass is 655 g/mol. The average molecular weight is 655 g/mol. The van der Waals surface area contributed by atoms with Crippen LogP contribution in [0, 0.1) is 46.3 Å². The summed E-state index contributed by atoms with van der Waals surface area (Å²) in [6.07, 6.45) is 19.8. The summed E-state index contributed by atoms with van der Waals surface area (Å²) < 4.78 is 2.47. The second-order valence-electron chi connectivity index (χ2n) is 17.0. The van der Waals surface area contributed by atoms with Crippen molar-refractivity contribution in [3.63, 3.8) is 0 Å². The summed E-state index contributed by atoms with van der Waals surface area (Å²) >= 11 is 0. The second-order valence-corrected chi connectivity index (χ2v) is 17.0. The molecule has 0 aliphatic heterocycles. The van der Waals surface area contributed by atoms with Gasteiger partial charge < -0.3 is 20.4 Å². The van der Waals surface area contributed by atoms with Gasteiger partial charge in [0.1, 0.15) is 6.54 Å². The minimum atomic E-state index is -0.751. The first-order chi connectivity index (χ1) is 22.5. The first-order valence-electron chi connectivity index (χ1n) is 19.8. The van der Waals surface area contributed by atoms with Gasteiger partial charge >= 0.3 is 5.97 Å². The number of hydrogen-bond acceptors (Lipinski definition) is 4. The summed E-state index contributed by atoms with van der Waals surface area (Å²) in [4.78, 5) is 11.4. The number of carboxylic acid groups (broad SMARTS) is 1. The number of fused-ring (bicyclic) bond motifs is 5. The van der Waals surface area contributed by atoms with Gasteiger partial charge in [-0.2, -0.15) is 0 Å². The van der Waals surface area contributed by atoms with Gasteiger partial charge in [-0.1, -0.05) is 85.1 Å². The molecule has 0 aromatic carbocycles. The fourth-order valence-corrected chi connectivity index (χ4v) is 12.0. The molecule has 4 fully saturated rings. The van der Waals surface area contributed by atoms with E-state index in [4.69, 9.17) is 0 Å². The van der Waals surface area contributed by atoms with Gasteiger partial charge in [0.15, 0.2) is 11.9 Å². The van der Waals surface area contributed by atoms with E-state index in [0.29, 0.717) is 12.8 Å². The number of pyridine rings is 1. The number of unbranched alkanes of at least 4 members (excludes halogenated alkanes) is 9. The highest BCUT2D eigenvalue weighted by Crippen LogP contribution is 2.70. The highest BCUT2D eigenvalue weighted by Gasteiger charge is 2.68. The first-order valence-corrected chi connectivity index (χ1v) is 19.8. The molecule has 12 atom stereocenters. The maximum atomic E-state index is 12.1. The van der Waals surface area contributed by atoms with Crippen molar-refractivity contribution in [2.45, 2.75) is 174 Å². The Balaban J connectivity index is 1.33. The van der Waals surface area contributed by atoms with Crippen molar-refractivity contribution >= 4 is 5.97 Å². The molecule has 0 spiro atoms. The molecule has 1 heterocycles. The van der Waals surface area contributed by atoms with E-state index in [2.05, 4.69) is 56.7 Å². The van der Waals surface area contributed by atoms with Crippen LogP contribution in [0.1, 0.15) is 155 Å². The number of rotatable bonds is 16. The molecule has 0 saturated heterocycles. The number of carbonyl (C=O) groups is 1. The molecule has 4 aliphatic rings. The Bertz CT molecular complexity index is 1160. The number of hydrogen-bond donors (Lipinski definition) is 4. The summed E-state index contributed by atoms with van der Waals surface area (Å²) in [5.41, 5.74) is 0.883.